The van der Waals surface area contributed by atoms with E-state index in [1.807, 2.05) is 12.1 Å². The molecule has 1 aromatic carbocycles. The lowest BCUT2D eigenvalue weighted by Gasteiger charge is -2.50. The van der Waals surface area contributed by atoms with Gasteiger partial charge in [0.25, 0.3) is 0 Å². The second kappa shape index (κ2) is 6.66. The van der Waals surface area contributed by atoms with Crippen molar-refractivity contribution in [2.75, 3.05) is 13.1 Å². The monoisotopic (exact) mass is 311 g/mol. The molecular formula is C18H27ClFN. The number of hydrogen-bond donors (Lipinski definition) is 1. The Morgan fingerprint density at radius 3 is 2.52 bits per heavy atom. The van der Waals surface area contributed by atoms with Gasteiger partial charge in [0.05, 0.1) is 5.02 Å². The lowest BCUT2D eigenvalue weighted by atomic mass is 9.55. The second-order valence-corrected chi connectivity index (χ2v) is 7.73. The summed E-state index contributed by atoms with van der Waals surface area (Å²) < 4.78 is 14.5. The number of rotatable bonds is 6. The van der Waals surface area contributed by atoms with E-state index in [0.717, 1.165) is 31.5 Å². The first-order chi connectivity index (χ1) is 9.85. The Morgan fingerprint density at radius 1 is 1.29 bits per heavy atom. The number of hydrogen-bond acceptors (Lipinski definition) is 1. The SMILES string of the molecule is CC(C)CNCC1(c2cccc(Cl)c2F)CC(C(C)C)C1. The average Bonchev–Trinajstić information content (AvgIpc) is 2.35. The maximum Gasteiger partial charge on any atom is 0.145 e. The molecule has 1 N–H and O–H groups in total. The van der Waals surface area contributed by atoms with E-state index in [1.165, 1.54) is 0 Å². The third kappa shape index (κ3) is 3.60. The number of nitrogens with one attached hydrogen (secondary N) is 1. The highest BCUT2D eigenvalue weighted by molar-refractivity contribution is 6.30. The van der Waals surface area contributed by atoms with Gasteiger partial charge in [0.2, 0.25) is 0 Å². The molecule has 1 aliphatic rings. The summed E-state index contributed by atoms with van der Waals surface area (Å²) in [5.74, 6) is 1.72. The molecule has 0 aliphatic heterocycles. The van der Waals surface area contributed by atoms with E-state index in [9.17, 15) is 4.39 Å². The third-order valence-corrected chi connectivity index (χ3v) is 5.08. The van der Waals surface area contributed by atoms with E-state index in [4.69, 9.17) is 11.6 Å². The van der Waals surface area contributed by atoms with Gasteiger partial charge in [0.1, 0.15) is 5.82 Å². The van der Waals surface area contributed by atoms with Crippen LogP contribution in [0.2, 0.25) is 5.02 Å². The fourth-order valence-electron chi connectivity index (χ4n) is 3.39. The van der Waals surface area contributed by atoms with Crippen molar-refractivity contribution >= 4 is 11.6 Å². The van der Waals surface area contributed by atoms with Crippen molar-refractivity contribution in [1.82, 2.24) is 5.32 Å². The summed E-state index contributed by atoms with van der Waals surface area (Å²) in [5, 5.41) is 3.76. The molecule has 0 aromatic heterocycles. The third-order valence-electron chi connectivity index (χ3n) is 4.79. The van der Waals surface area contributed by atoms with E-state index in [0.29, 0.717) is 17.8 Å². The summed E-state index contributed by atoms with van der Waals surface area (Å²) in [6.45, 7) is 10.7. The molecule has 0 heterocycles. The van der Waals surface area contributed by atoms with Crippen LogP contribution in [0.25, 0.3) is 0 Å². The van der Waals surface area contributed by atoms with Gasteiger partial charge in [-0.05, 0) is 48.8 Å². The van der Waals surface area contributed by atoms with E-state index >= 15 is 0 Å². The van der Waals surface area contributed by atoms with E-state index in [2.05, 4.69) is 33.0 Å². The molecule has 0 bridgehead atoms. The fraction of sp³-hybridized carbons (Fsp3) is 0.667. The van der Waals surface area contributed by atoms with Crippen molar-refractivity contribution in [3.8, 4) is 0 Å². The van der Waals surface area contributed by atoms with Crippen LogP contribution in [-0.4, -0.2) is 13.1 Å². The Bertz CT molecular complexity index is 478. The predicted molar refractivity (Wildman–Crippen MR) is 88.4 cm³/mol. The quantitative estimate of drug-likeness (QED) is 0.777. The maximum absolute atomic E-state index is 14.5. The highest BCUT2D eigenvalue weighted by atomic mass is 35.5. The van der Waals surface area contributed by atoms with Crippen LogP contribution in [0.3, 0.4) is 0 Å². The summed E-state index contributed by atoms with van der Waals surface area (Å²) in [6, 6.07) is 5.41. The summed E-state index contributed by atoms with van der Waals surface area (Å²) in [7, 11) is 0. The second-order valence-electron chi connectivity index (χ2n) is 7.32. The molecule has 1 aliphatic carbocycles. The Labute approximate surface area is 133 Å². The molecule has 0 saturated heterocycles. The number of halogens is 2. The van der Waals surface area contributed by atoms with Crippen LogP contribution in [0.15, 0.2) is 18.2 Å². The van der Waals surface area contributed by atoms with Gasteiger partial charge in [0.15, 0.2) is 0 Å². The molecule has 118 valence electrons. The Balaban J connectivity index is 2.19. The van der Waals surface area contributed by atoms with Gasteiger partial charge >= 0.3 is 0 Å². The molecule has 0 unspecified atom stereocenters. The molecule has 1 nitrogen and oxygen atoms in total. The van der Waals surface area contributed by atoms with Crippen LogP contribution in [0.1, 0.15) is 46.1 Å². The van der Waals surface area contributed by atoms with Gasteiger partial charge in [-0.2, -0.15) is 0 Å². The van der Waals surface area contributed by atoms with Gasteiger partial charge in [0, 0.05) is 12.0 Å². The van der Waals surface area contributed by atoms with Crippen molar-refractivity contribution in [2.45, 2.75) is 46.0 Å². The van der Waals surface area contributed by atoms with Crippen molar-refractivity contribution in [1.29, 1.82) is 0 Å². The molecule has 0 spiro atoms. The molecule has 3 heteroatoms. The average molecular weight is 312 g/mol. The molecule has 0 atom stereocenters. The minimum absolute atomic E-state index is 0.0845. The Hall–Kier alpha value is -0.600. The van der Waals surface area contributed by atoms with Crippen LogP contribution >= 0.6 is 11.6 Å². The normalized spacial score (nSPS) is 25.4. The van der Waals surface area contributed by atoms with Crippen molar-refractivity contribution in [2.24, 2.45) is 17.8 Å². The highest BCUT2D eigenvalue weighted by Crippen LogP contribution is 2.51. The first kappa shape index (κ1) is 16.8. The van der Waals surface area contributed by atoms with Crippen molar-refractivity contribution in [3.05, 3.63) is 34.6 Å². The molecule has 21 heavy (non-hydrogen) atoms. The molecule has 1 fully saturated rings. The van der Waals surface area contributed by atoms with Crippen LogP contribution < -0.4 is 5.32 Å². The first-order valence-corrected chi connectivity index (χ1v) is 8.39. The fourth-order valence-corrected chi connectivity index (χ4v) is 3.56. The number of benzene rings is 1. The van der Waals surface area contributed by atoms with Crippen molar-refractivity contribution < 1.29 is 4.39 Å². The van der Waals surface area contributed by atoms with Crippen LogP contribution in [0.5, 0.6) is 0 Å². The summed E-state index contributed by atoms with van der Waals surface area (Å²) >= 11 is 5.99. The Kier molecular flexibility index (Phi) is 5.32. The van der Waals surface area contributed by atoms with Gasteiger partial charge in [-0.15, -0.1) is 0 Å². The van der Waals surface area contributed by atoms with E-state index in [1.54, 1.807) is 6.07 Å². The zero-order chi connectivity index (χ0) is 15.6. The van der Waals surface area contributed by atoms with Crippen LogP contribution in [-0.2, 0) is 5.41 Å². The standard InChI is InChI=1S/C18H27ClFN/c1-12(2)10-21-11-18(8-14(9-18)13(3)4)15-6-5-7-16(19)17(15)20/h5-7,12-14,21H,8-11H2,1-4H3. The summed E-state index contributed by atoms with van der Waals surface area (Å²) in [4.78, 5) is 0. The zero-order valence-corrected chi connectivity index (χ0v) is 14.3. The molecule has 1 saturated carbocycles. The predicted octanol–water partition coefficient (Wildman–Crippen LogP) is 5.03. The molecule has 0 radical (unpaired) electrons. The smallest absolute Gasteiger partial charge is 0.145 e. The first-order valence-electron chi connectivity index (χ1n) is 8.01. The lowest BCUT2D eigenvalue weighted by molar-refractivity contribution is 0.0938. The summed E-state index contributed by atoms with van der Waals surface area (Å²) in [6.07, 6.45) is 2.10. The zero-order valence-electron chi connectivity index (χ0n) is 13.5. The van der Waals surface area contributed by atoms with Gasteiger partial charge in [-0.3, -0.25) is 0 Å². The minimum Gasteiger partial charge on any atom is -0.316 e. The van der Waals surface area contributed by atoms with Crippen LogP contribution in [0, 0.1) is 23.6 Å². The Morgan fingerprint density at radius 2 is 1.95 bits per heavy atom. The maximum atomic E-state index is 14.5. The molecule has 1 aromatic rings. The van der Waals surface area contributed by atoms with E-state index in [-0.39, 0.29) is 16.3 Å². The topological polar surface area (TPSA) is 12.0 Å². The van der Waals surface area contributed by atoms with Crippen LogP contribution in [0.4, 0.5) is 4.39 Å². The van der Waals surface area contributed by atoms with Gasteiger partial charge < -0.3 is 5.32 Å². The molecule has 2 rings (SSSR count). The summed E-state index contributed by atoms with van der Waals surface area (Å²) in [5.41, 5.74) is 0.710. The van der Waals surface area contributed by atoms with Gasteiger partial charge in [-0.25, -0.2) is 4.39 Å². The largest absolute Gasteiger partial charge is 0.316 e. The molecular weight excluding hydrogens is 285 g/mol. The highest BCUT2D eigenvalue weighted by Gasteiger charge is 2.47. The minimum atomic E-state index is -0.229. The lowest BCUT2D eigenvalue weighted by Crippen LogP contribution is -2.51. The van der Waals surface area contributed by atoms with Gasteiger partial charge in [-0.1, -0.05) is 51.4 Å². The molecule has 0 amide bonds. The van der Waals surface area contributed by atoms with E-state index < -0.39 is 0 Å². The van der Waals surface area contributed by atoms with Crippen molar-refractivity contribution in [3.63, 3.8) is 0 Å².